The van der Waals surface area contributed by atoms with E-state index in [0.717, 1.165) is 6.07 Å². The summed E-state index contributed by atoms with van der Waals surface area (Å²) in [4.78, 5) is 15.1. The zero-order valence-electron chi connectivity index (χ0n) is 10.9. The molecule has 0 spiro atoms. The fraction of sp³-hybridized carbons (Fsp3) is 0.143. The van der Waals surface area contributed by atoms with E-state index in [1.807, 2.05) is 0 Å². The first-order valence-corrected chi connectivity index (χ1v) is 6.28. The number of rotatable bonds is 3. The van der Waals surface area contributed by atoms with Crippen LogP contribution in [0.4, 0.5) is 10.1 Å². The van der Waals surface area contributed by atoms with Crippen molar-refractivity contribution in [3.63, 3.8) is 0 Å². The van der Waals surface area contributed by atoms with E-state index >= 15 is 0 Å². The number of nitrogens with two attached hydrogens (primary N) is 1. The number of halogens is 1. The van der Waals surface area contributed by atoms with Gasteiger partial charge in [0.15, 0.2) is 17.3 Å². The highest BCUT2D eigenvalue weighted by molar-refractivity contribution is 5.92. The van der Waals surface area contributed by atoms with Crippen LogP contribution in [0.5, 0.6) is 17.4 Å². The van der Waals surface area contributed by atoms with E-state index in [4.69, 9.17) is 15.2 Å². The number of ether oxygens (including phenoxy) is 2. The van der Waals surface area contributed by atoms with Crippen LogP contribution in [0.25, 0.3) is 0 Å². The number of hydrogen-bond acceptors (Lipinski definition) is 5. The van der Waals surface area contributed by atoms with Crippen molar-refractivity contribution in [2.24, 2.45) is 5.73 Å². The Labute approximate surface area is 119 Å². The van der Waals surface area contributed by atoms with Crippen molar-refractivity contribution in [3.8, 4) is 17.4 Å². The molecule has 0 fully saturated rings. The minimum Gasteiger partial charge on any atom is -0.474 e. The first kappa shape index (κ1) is 13.2. The van der Waals surface area contributed by atoms with E-state index in [9.17, 15) is 9.18 Å². The third-order valence-corrected chi connectivity index (χ3v) is 2.96. The Bertz CT molecular complexity index is 706. The molecule has 21 heavy (non-hydrogen) atoms. The maximum Gasteiger partial charge on any atom is 0.248 e. The number of carbonyl (C=O) groups is 1. The van der Waals surface area contributed by atoms with Gasteiger partial charge < -0.3 is 20.5 Å². The van der Waals surface area contributed by atoms with Gasteiger partial charge in [-0.15, -0.1) is 0 Å². The van der Waals surface area contributed by atoms with Crippen molar-refractivity contribution >= 4 is 11.6 Å². The van der Waals surface area contributed by atoms with Gasteiger partial charge in [0, 0.05) is 24.4 Å². The molecule has 6 nitrogen and oxygen atoms in total. The van der Waals surface area contributed by atoms with E-state index in [1.54, 1.807) is 6.07 Å². The van der Waals surface area contributed by atoms with Gasteiger partial charge in [0.1, 0.15) is 12.3 Å². The van der Waals surface area contributed by atoms with Gasteiger partial charge in [0.25, 0.3) is 0 Å². The fourth-order valence-corrected chi connectivity index (χ4v) is 1.96. The molecule has 0 saturated heterocycles. The Kier molecular flexibility index (Phi) is 3.31. The molecule has 1 amide bonds. The van der Waals surface area contributed by atoms with Gasteiger partial charge in [-0.1, -0.05) is 0 Å². The molecule has 0 bridgehead atoms. The number of carbonyl (C=O) groups excluding carboxylic acids is 1. The lowest BCUT2D eigenvalue weighted by Gasteiger charge is -2.20. The number of fused-ring (bicyclic) bond motifs is 1. The average Bonchev–Trinajstić information content (AvgIpc) is 2.49. The number of nitrogens with zero attached hydrogens (tertiary/aromatic N) is 1. The summed E-state index contributed by atoms with van der Waals surface area (Å²) in [5.41, 5.74) is 5.75. The van der Waals surface area contributed by atoms with Crippen LogP contribution < -0.4 is 20.5 Å². The van der Waals surface area contributed by atoms with E-state index < -0.39 is 11.7 Å². The van der Waals surface area contributed by atoms with Crippen molar-refractivity contribution in [1.82, 2.24) is 4.98 Å². The molecule has 108 valence electrons. The second-order valence-electron chi connectivity index (χ2n) is 4.38. The largest absolute Gasteiger partial charge is 0.474 e. The Morgan fingerprint density at radius 3 is 3.00 bits per heavy atom. The molecular formula is C14H12FN3O3. The highest BCUT2D eigenvalue weighted by Crippen LogP contribution is 2.37. The van der Waals surface area contributed by atoms with Gasteiger partial charge in [0.05, 0.1) is 0 Å². The minimum atomic E-state index is -0.697. The Hall–Kier alpha value is -2.83. The molecule has 3 rings (SSSR count). The summed E-state index contributed by atoms with van der Waals surface area (Å²) in [6, 6.07) is 5.39. The summed E-state index contributed by atoms with van der Waals surface area (Å²) in [5.74, 6) is -0.579. The van der Waals surface area contributed by atoms with Crippen molar-refractivity contribution in [3.05, 3.63) is 41.8 Å². The average molecular weight is 289 g/mol. The van der Waals surface area contributed by atoms with Crippen LogP contribution in [0.2, 0.25) is 0 Å². The molecule has 2 aromatic rings. The highest BCUT2D eigenvalue weighted by Gasteiger charge is 2.18. The summed E-state index contributed by atoms with van der Waals surface area (Å²) in [7, 11) is 0. The summed E-state index contributed by atoms with van der Waals surface area (Å²) in [6.07, 6.45) is 1.51. The molecule has 1 aromatic carbocycles. The van der Waals surface area contributed by atoms with Crippen molar-refractivity contribution in [2.75, 3.05) is 18.5 Å². The summed E-state index contributed by atoms with van der Waals surface area (Å²) >= 11 is 0. The van der Waals surface area contributed by atoms with Gasteiger partial charge in [0.2, 0.25) is 11.8 Å². The highest BCUT2D eigenvalue weighted by atomic mass is 19.1. The number of pyridine rings is 1. The van der Waals surface area contributed by atoms with Crippen LogP contribution >= 0.6 is 0 Å². The molecule has 1 aliphatic heterocycles. The lowest BCUT2D eigenvalue weighted by Crippen LogP contribution is -2.19. The summed E-state index contributed by atoms with van der Waals surface area (Å²) in [5, 5.41) is 3.09. The van der Waals surface area contributed by atoms with Crippen LogP contribution in [0, 0.1) is 5.82 Å². The second kappa shape index (κ2) is 5.28. The number of nitrogens with one attached hydrogen (secondary N) is 1. The molecule has 1 aliphatic rings. The number of aromatic nitrogens is 1. The Balaban J connectivity index is 1.92. The molecule has 1 aromatic heterocycles. The summed E-state index contributed by atoms with van der Waals surface area (Å²) < 4.78 is 24.8. The molecule has 3 N–H and O–H groups in total. The van der Waals surface area contributed by atoms with Gasteiger partial charge in [-0.3, -0.25) is 4.79 Å². The molecule has 7 heteroatoms. The maximum absolute atomic E-state index is 13.9. The van der Waals surface area contributed by atoms with Crippen LogP contribution in [0.15, 0.2) is 30.5 Å². The zero-order valence-corrected chi connectivity index (χ0v) is 10.9. The van der Waals surface area contributed by atoms with E-state index in [-0.39, 0.29) is 11.3 Å². The predicted octanol–water partition coefficient (Wildman–Crippen LogP) is 1.92. The van der Waals surface area contributed by atoms with Crippen LogP contribution in [-0.4, -0.2) is 24.0 Å². The smallest absolute Gasteiger partial charge is 0.248 e. The van der Waals surface area contributed by atoms with Gasteiger partial charge in [-0.25, -0.2) is 9.37 Å². The third kappa shape index (κ3) is 2.58. The van der Waals surface area contributed by atoms with Crippen molar-refractivity contribution in [2.45, 2.75) is 0 Å². The second-order valence-corrected chi connectivity index (χ2v) is 4.38. The van der Waals surface area contributed by atoms with Gasteiger partial charge in [-0.2, -0.15) is 0 Å². The Morgan fingerprint density at radius 2 is 2.24 bits per heavy atom. The maximum atomic E-state index is 13.9. The normalized spacial score (nSPS) is 12.8. The molecule has 2 heterocycles. The van der Waals surface area contributed by atoms with E-state index in [0.29, 0.717) is 30.5 Å². The lowest BCUT2D eigenvalue weighted by molar-refractivity contribution is 0.1000. The van der Waals surface area contributed by atoms with Crippen LogP contribution in [0.3, 0.4) is 0 Å². The number of anilines is 1. The molecule has 0 radical (unpaired) electrons. The predicted molar refractivity (Wildman–Crippen MR) is 73.2 cm³/mol. The third-order valence-electron chi connectivity index (χ3n) is 2.96. The molecule has 0 atom stereocenters. The standard InChI is InChI=1S/C14H12FN3O3/c15-9-7-8(13(16)19)1-2-10(9)21-11-3-4-18-14-12(11)17-5-6-20-14/h1-4,7,17H,5-6H2,(H2,16,19). The number of hydrogen-bond donors (Lipinski definition) is 2. The Morgan fingerprint density at radius 1 is 1.38 bits per heavy atom. The molecular weight excluding hydrogens is 277 g/mol. The van der Waals surface area contributed by atoms with Crippen LogP contribution in [-0.2, 0) is 0 Å². The van der Waals surface area contributed by atoms with Crippen LogP contribution in [0.1, 0.15) is 10.4 Å². The molecule has 0 aliphatic carbocycles. The van der Waals surface area contributed by atoms with Crippen molar-refractivity contribution in [1.29, 1.82) is 0 Å². The minimum absolute atomic E-state index is 0.0132. The topological polar surface area (TPSA) is 86.5 Å². The zero-order chi connectivity index (χ0) is 14.8. The SMILES string of the molecule is NC(=O)c1ccc(Oc2ccnc3c2NCCO3)c(F)c1. The summed E-state index contributed by atoms with van der Waals surface area (Å²) in [6.45, 7) is 1.11. The van der Waals surface area contributed by atoms with Crippen molar-refractivity contribution < 1.29 is 18.7 Å². The lowest BCUT2D eigenvalue weighted by atomic mass is 10.2. The number of primary amides is 1. The van der Waals surface area contributed by atoms with E-state index in [1.165, 1.54) is 18.3 Å². The van der Waals surface area contributed by atoms with E-state index in [2.05, 4.69) is 10.3 Å². The first-order valence-electron chi connectivity index (χ1n) is 6.28. The molecule has 0 saturated carbocycles. The quantitative estimate of drug-likeness (QED) is 0.901. The van der Waals surface area contributed by atoms with Gasteiger partial charge in [-0.05, 0) is 18.2 Å². The molecule has 0 unspecified atom stereocenters. The fourth-order valence-electron chi connectivity index (χ4n) is 1.96. The number of amides is 1. The first-order chi connectivity index (χ1) is 10.1. The van der Waals surface area contributed by atoms with Gasteiger partial charge >= 0.3 is 0 Å². The monoisotopic (exact) mass is 289 g/mol. The number of benzene rings is 1.